The molecule has 0 N–H and O–H groups in total. The fraction of sp³-hybridized carbons (Fsp3) is 0.391. The Morgan fingerprint density at radius 3 is 2.32 bits per heavy atom. The van der Waals surface area contributed by atoms with Crippen molar-refractivity contribution in [1.29, 1.82) is 0 Å². The van der Waals surface area contributed by atoms with Gasteiger partial charge in [0.25, 0.3) is 5.91 Å². The Bertz CT molecular complexity index is 1190. The minimum Gasteiger partial charge on any atom is -0.493 e. The molecule has 10 nitrogen and oxygen atoms in total. The molecule has 11 heteroatoms. The van der Waals surface area contributed by atoms with E-state index in [9.17, 15) is 18.0 Å². The molecular formula is C23H26N2O8S. The summed E-state index contributed by atoms with van der Waals surface area (Å²) in [5, 5.41) is 0. The van der Waals surface area contributed by atoms with E-state index in [1.165, 1.54) is 30.5 Å². The molecule has 1 saturated heterocycles. The number of methoxy groups -OCH3 is 1. The van der Waals surface area contributed by atoms with Gasteiger partial charge in [-0.1, -0.05) is 0 Å². The summed E-state index contributed by atoms with van der Waals surface area (Å²) in [6, 6.07) is 9.31. The highest BCUT2D eigenvalue weighted by atomic mass is 32.2. The first-order chi connectivity index (χ1) is 16.3. The Morgan fingerprint density at radius 2 is 1.65 bits per heavy atom. The van der Waals surface area contributed by atoms with E-state index in [2.05, 4.69) is 0 Å². The first-order valence-electron chi connectivity index (χ1n) is 10.8. The maximum absolute atomic E-state index is 13.1. The molecule has 34 heavy (non-hydrogen) atoms. The van der Waals surface area contributed by atoms with Gasteiger partial charge in [0.1, 0.15) is 13.2 Å². The van der Waals surface area contributed by atoms with Crippen LogP contribution in [-0.4, -0.2) is 82.4 Å². The number of piperazine rings is 1. The molecule has 1 amide bonds. The zero-order chi connectivity index (χ0) is 24.3. The number of ketones is 1. The first kappa shape index (κ1) is 23.8. The topological polar surface area (TPSA) is 112 Å². The predicted molar refractivity (Wildman–Crippen MR) is 121 cm³/mol. The Morgan fingerprint density at radius 1 is 0.941 bits per heavy atom. The highest BCUT2D eigenvalue weighted by Crippen LogP contribution is 2.33. The minimum atomic E-state index is -3.74. The number of hydrogen-bond acceptors (Lipinski definition) is 8. The largest absolute Gasteiger partial charge is 0.493 e. The van der Waals surface area contributed by atoms with E-state index < -0.39 is 10.0 Å². The van der Waals surface area contributed by atoms with Gasteiger partial charge in [-0.25, -0.2) is 8.42 Å². The molecule has 2 aromatic carbocycles. The average Bonchev–Trinajstić information content (AvgIpc) is 2.86. The number of ether oxygens (including phenoxy) is 4. The van der Waals surface area contributed by atoms with E-state index in [1.54, 1.807) is 29.2 Å². The second kappa shape index (κ2) is 9.90. The quantitative estimate of drug-likeness (QED) is 0.538. The van der Waals surface area contributed by atoms with E-state index in [4.69, 9.17) is 18.9 Å². The molecule has 0 unspecified atom stereocenters. The molecule has 0 spiro atoms. The van der Waals surface area contributed by atoms with Crippen molar-refractivity contribution in [1.82, 2.24) is 9.21 Å². The number of rotatable bonds is 7. The molecule has 182 valence electrons. The van der Waals surface area contributed by atoms with Crippen LogP contribution in [0.3, 0.4) is 0 Å². The van der Waals surface area contributed by atoms with Gasteiger partial charge in [0.15, 0.2) is 35.4 Å². The number of nitrogens with zero attached hydrogens (tertiary/aromatic N) is 2. The fourth-order valence-corrected chi connectivity index (χ4v) is 5.19. The summed E-state index contributed by atoms with van der Waals surface area (Å²) in [6.45, 7) is 2.83. The van der Waals surface area contributed by atoms with Gasteiger partial charge < -0.3 is 23.8 Å². The van der Waals surface area contributed by atoms with Gasteiger partial charge >= 0.3 is 0 Å². The van der Waals surface area contributed by atoms with Crippen LogP contribution in [0.5, 0.6) is 23.0 Å². The number of carbonyl (C=O) groups excluding carboxylic acids is 2. The molecule has 0 bridgehead atoms. The van der Waals surface area contributed by atoms with Crippen LogP contribution in [0.4, 0.5) is 0 Å². The summed E-state index contributed by atoms with van der Waals surface area (Å²) in [5.41, 5.74) is 0.478. The summed E-state index contributed by atoms with van der Waals surface area (Å²) in [7, 11) is -2.28. The van der Waals surface area contributed by atoms with E-state index in [-0.39, 0.29) is 49.4 Å². The molecule has 2 aromatic rings. The first-order valence-corrected chi connectivity index (χ1v) is 12.2. The monoisotopic (exact) mass is 490 g/mol. The molecule has 2 aliphatic rings. The fourth-order valence-electron chi connectivity index (χ4n) is 3.75. The number of benzene rings is 2. The highest BCUT2D eigenvalue weighted by molar-refractivity contribution is 7.89. The SMILES string of the molecule is COc1cc(C(C)=O)ccc1OCC(=O)N1CCN(S(=O)(=O)c2ccc3c(c2)OCCO3)CC1. The highest BCUT2D eigenvalue weighted by Gasteiger charge is 2.31. The zero-order valence-electron chi connectivity index (χ0n) is 19.0. The third-order valence-corrected chi connectivity index (χ3v) is 7.56. The van der Waals surface area contributed by atoms with Crippen molar-refractivity contribution in [3.63, 3.8) is 0 Å². The van der Waals surface area contributed by atoms with E-state index in [0.29, 0.717) is 41.8 Å². The maximum Gasteiger partial charge on any atom is 0.260 e. The van der Waals surface area contributed by atoms with Crippen molar-refractivity contribution >= 4 is 21.7 Å². The van der Waals surface area contributed by atoms with E-state index in [0.717, 1.165) is 0 Å². The van der Waals surface area contributed by atoms with E-state index in [1.807, 2.05) is 0 Å². The Labute approximate surface area is 198 Å². The summed E-state index contributed by atoms with van der Waals surface area (Å²) in [4.78, 5) is 25.9. The van der Waals surface area contributed by atoms with Gasteiger partial charge in [-0.2, -0.15) is 4.31 Å². The number of Topliss-reactive ketones (excluding diaryl/α,β-unsaturated/α-hetero) is 1. The van der Waals surface area contributed by atoms with Gasteiger partial charge in [0, 0.05) is 37.8 Å². The number of hydrogen-bond donors (Lipinski definition) is 0. The molecule has 4 rings (SSSR count). The lowest BCUT2D eigenvalue weighted by molar-refractivity contribution is -0.134. The van der Waals surface area contributed by atoms with Gasteiger partial charge in [0.05, 0.1) is 12.0 Å². The summed E-state index contributed by atoms with van der Waals surface area (Å²) in [5.74, 6) is 1.26. The van der Waals surface area contributed by atoms with Gasteiger partial charge in [0.2, 0.25) is 10.0 Å². The van der Waals surface area contributed by atoms with Crippen LogP contribution in [0.15, 0.2) is 41.3 Å². The van der Waals surface area contributed by atoms with Crippen LogP contribution >= 0.6 is 0 Å². The summed E-state index contributed by atoms with van der Waals surface area (Å²) >= 11 is 0. The lowest BCUT2D eigenvalue weighted by atomic mass is 10.1. The predicted octanol–water partition coefficient (Wildman–Crippen LogP) is 1.58. The van der Waals surface area contributed by atoms with E-state index >= 15 is 0 Å². The summed E-state index contributed by atoms with van der Waals surface area (Å²) in [6.07, 6.45) is 0. The number of carbonyl (C=O) groups is 2. The van der Waals surface area contributed by atoms with Gasteiger partial charge in [-0.15, -0.1) is 0 Å². The Hall–Kier alpha value is -3.31. The molecule has 0 radical (unpaired) electrons. The number of sulfonamides is 1. The smallest absolute Gasteiger partial charge is 0.260 e. The van der Waals surface area contributed by atoms with Crippen molar-refractivity contribution < 1.29 is 37.0 Å². The van der Waals surface area contributed by atoms with Crippen molar-refractivity contribution in [3.8, 4) is 23.0 Å². The Kier molecular flexibility index (Phi) is 6.94. The second-order valence-electron chi connectivity index (χ2n) is 7.80. The van der Waals surface area contributed by atoms with Crippen molar-refractivity contribution in [2.24, 2.45) is 0 Å². The van der Waals surface area contributed by atoms with Crippen LogP contribution < -0.4 is 18.9 Å². The minimum absolute atomic E-state index is 0.106. The molecule has 0 aliphatic carbocycles. The number of fused-ring (bicyclic) bond motifs is 1. The molecule has 0 saturated carbocycles. The molecule has 0 aromatic heterocycles. The third-order valence-electron chi connectivity index (χ3n) is 5.66. The number of amides is 1. The average molecular weight is 491 g/mol. The molecular weight excluding hydrogens is 464 g/mol. The van der Waals surface area contributed by atoms with Gasteiger partial charge in [-0.05, 0) is 37.3 Å². The molecule has 2 heterocycles. The third kappa shape index (κ3) is 4.95. The standard InChI is InChI=1S/C23H26N2O8S/c1-16(26)17-3-5-19(21(13-17)30-2)33-15-23(27)24-7-9-25(10-8-24)34(28,29)18-4-6-20-22(14-18)32-12-11-31-20/h3-6,13-14H,7-12,15H2,1-2H3. The van der Waals surface area contributed by atoms with Crippen LogP contribution in [0, 0.1) is 0 Å². The normalized spacial score (nSPS) is 16.1. The Balaban J connectivity index is 1.34. The maximum atomic E-state index is 13.1. The zero-order valence-corrected chi connectivity index (χ0v) is 19.8. The van der Waals surface area contributed by atoms with Crippen LogP contribution in [0.2, 0.25) is 0 Å². The van der Waals surface area contributed by atoms with Crippen molar-refractivity contribution in [3.05, 3.63) is 42.0 Å². The lowest BCUT2D eigenvalue weighted by Crippen LogP contribution is -2.51. The van der Waals surface area contributed by atoms with Gasteiger partial charge in [-0.3, -0.25) is 9.59 Å². The van der Waals surface area contributed by atoms with Crippen LogP contribution in [0.1, 0.15) is 17.3 Å². The summed E-state index contributed by atoms with van der Waals surface area (Å²) < 4.78 is 49.3. The van der Waals surface area contributed by atoms with Crippen LogP contribution in [-0.2, 0) is 14.8 Å². The molecule has 1 fully saturated rings. The van der Waals surface area contributed by atoms with Crippen molar-refractivity contribution in [2.45, 2.75) is 11.8 Å². The van der Waals surface area contributed by atoms with Crippen LogP contribution in [0.25, 0.3) is 0 Å². The second-order valence-corrected chi connectivity index (χ2v) is 9.74. The van der Waals surface area contributed by atoms with Crippen molar-refractivity contribution in [2.75, 3.05) is 53.1 Å². The molecule has 2 aliphatic heterocycles. The molecule has 0 atom stereocenters. The lowest BCUT2D eigenvalue weighted by Gasteiger charge is -2.34.